The number of carbonyl (C=O) groups excluding carboxylic acids is 1. The van der Waals surface area contributed by atoms with Gasteiger partial charge < -0.3 is 5.32 Å². The second kappa shape index (κ2) is 5.07. The number of halogens is 2. The van der Waals surface area contributed by atoms with E-state index in [1.54, 1.807) is 13.0 Å². The zero-order chi connectivity index (χ0) is 11.4. The second-order valence-electron chi connectivity index (χ2n) is 2.92. The first-order valence-corrected chi connectivity index (χ1v) is 5.25. The number of carbonyl (C=O) groups is 1. The lowest BCUT2D eigenvalue weighted by Crippen LogP contribution is -2.11. The summed E-state index contributed by atoms with van der Waals surface area (Å²) in [7, 11) is 0. The Hall–Kier alpha value is -1.16. The lowest BCUT2D eigenvalue weighted by atomic mass is 10.2. The highest BCUT2D eigenvalue weighted by Gasteiger charge is 2.09. The van der Waals surface area contributed by atoms with E-state index in [2.05, 4.69) is 5.32 Å². The highest BCUT2D eigenvalue weighted by Crippen LogP contribution is 2.23. The topological polar surface area (TPSA) is 52.9 Å². The van der Waals surface area contributed by atoms with E-state index >= 15 is 0 Å². The number of nitriles is 1. The smallest absolute Gasteiger partial charge is 0.238 e. The van der Waals surface area contributed by atoms with Crippen LogP contribution in [-0.2, 0) is 4.79 Å². The van der Waals surface area contributed by atoms with Crippen molar-refractivity contribution in [2.75, 3.05) is 5.32 Å². The Labute approximate surface area is 100 Å². The summed E-state index contributed by atoms with van der Waals surface area (Å²) in [4.78, 5) is 11.1. The van der Waals surface area contributed by atoms with Crippen LogP contribution in [0.15, 0.2) is 12.1 Å². The first-order valence-electron chi connectivity index (χ1n) is 4.17. The fourth-order valence-electron chi connectivity index (χ4n) is 1.02. The molecule has 78 valence electrons. The molecule has 3 nitrogen and oxygen atoms in total. The molecule has 0 atom stereocenters. The van der Waals surface area contributed by atoms with E-state index in [0.717, 1.165) is 0 Å². The van der Waals surface area contributed by atoms with Crippen LogP contribution in [0, 0.1) is 27.6 Å². The van der Waals surface area contributed by atoms with Crippen LogP contribution in [0.3, 0.4) is 0 Å². The van der Waals surface area contributed by atoms with Crippen molar-refractivity contribution in [2.24, 2.45) is 0 Å². The minimum atomic E-state index is -0.388. The Morgan fingerprint density at radius 1 is 1.67 bits per heavy atom. The number of nitrogens with one attached hydrogen (secondary N) is 1. The minimum Gasteiger partial charge on any atom is -0.324 e. The van der Waals surface area contributed by atoms with Crippen LogP contribution in [0.1, 0.15) is 12.0 Å². The Kier molecular flexibility index (Phi) is 4.03. The third-order valence-electron chi connectivity index (χ3n) is 1.83. The van der Waals surface area contributed by atoms with Gasteiger partial charge in [0.15, 0.2) is 0 Å². The Balaban J connectivity index is 2.93. The molecular weight excluding hydrogens is 310 g/mol. The van der Waals surface area contributed by atoms with Gasteiger partial charge >= 0.3 is 0 Å². The van der Waals surface area contributed by atoms with Gasteiger partial charge in [-0.3, -0.25) is 4.79 Å². The largest absolute Gasteiger partial charge is 0.324 e. The molecular formula is C10H8FIN2O. The van der Waals surface area contributed by atoms with Gasteiger partial charge in [0.25, 0.3) is 0 Å². The van der Waals surface area contributed by atoms with E-state index in [4.69, 9.17) is 5.26 Å². The Morgan fingerprint density at radius 2 is 2.33 bits per heavy atom. The summed E-state index contributed by atoms with van der Waals surface area (Å²) in [5.74, 6) is -0.695. The van der Waals surface area contributed by atoms with Gasteiger partial charge in [-0.1, -0.05) is 0 Å². The van der Waals surface area contributed by atoms with Crippen LogP contribution in [-0.4, -0.2) is 5.91 Å². The van der Waals surface area contributed by atoms with Crippen LogP contribution in [0.4, 0.5) is 10.1 Å². The van der Waals surface area contributed by atoms with Gasteiger partial charge in [-0.25, -0.2) is 4.39 Å². The quantitative estimate of drug-likeness (QED) is 0.852. The molecule has 1 amide bonds. The van der Waals surface area contributed by atoms with Gasteiger partial charge in [0.2, 0.25) is 5.91 Å². The number of rotatable bonds is 2. The molecule has 0 unspecified atom stereocenters. The molecule has 0 saturated carbocycles. The van der Waals surface area contributed by atoms with Crippen molar-refractivity contribution in [1.29, 1.82) is 5.26 Å². The van der Waals surface area contributed by atoms with Crippen LogP contribution in [0.2, 0.25) is 0 Å². The maximum atomic E-state index is 13.1. The van der Waals surface area contributed by atoms with E-state index in [9.17, 15) is 9.18 Å². The van der Waals surface area contributed by atoms with Gasteiger partial charge in [0, 0.05) is 9.13 Å². The molecule has 0 spiro atoms. The van der Waals surface area contributed by atoms with Gasteiger partial charge in [0.1, 0.15) is 12.2 Å². The fourth-order valence-corrected chi connectivity index (χ4v) is 1.60. The van der Waals surface area contributed by atoms with E-state index in [1.165, 1.54) is 12.1 Å². The summed E-state index contributed by atoms with van der Waals surface area (Å²) >= 11 is 1.95. The van der Waals surface area contributed by atoms with Crippen LogP contribution in [0.5, 0.6) is 0 Å². The van der Waals surface area contributed by atoms with Crippen molar-refractivity contribution in [3.8, 4) is 6.07 Å². The summed E-state index contributed by atoms with van der Waals surface area (Å²) in [5.41, 5.74) is 1.03. The number of nitrogens with zero attached hydrogens (tertiary/aromatic N) is 1. The fraction of sp³-hybridized carbons (Fsp3) is 0.200. The molecule has 0 aliphatic carbocycles. The lowest BCUT2D eigenvalue weighted by molar-refractivity contribution is -0.115. The molecule has 1 rings (SSSR count). The second-order valence-corrected chi connectivity index (χ2v) is 4.00. The monoisotopic (exact) mass is 318 g/mol. The summed E-state index contributed by atoms with van der Waals surface area (Å²) in [6.45, 7) is 1.64. The number of amides is 1. The van der Waals surface area contributed by atoms with Crippen molar-refractivity contribution in [1.82, 2.24) is 0 Å². The van der Waals surface area contributed by atoms with E-state index in [1.807, 2.05) is 22.6 Å². The standard InChI is InChI=1S/C10H8FIN2O/c1-6-7(11)2-3-8(10(6)12)14-9(15)4-5-13/h2-3H,4H2,1H3,(H,14,15). The highest BCUT2D eigenvalue weighted by atomic mass is 127. The molecule has 15 heavy (non-hydrogen) atoms. The molecule has 1 aromatic carbocycles. The summed E-state index contributed by atoms with van der Waals surface area (Å²) < 4.78 is 13.7. The lowest BCUT2D eigenvalue weighted by Gasteiger charge is -2.08. The van der Waals surface area contributed by atoms with Crippen molar-refractivity contribution in [2.45, 2.75) is 13.3 Å². The highest BCUT2D eigenvalue weighted by molar-refractivity contribution is 14.1. The normalized spacial score (nSPS) is 9.47. The number of anilines is 1. The van der Waals surface area contributed by atoms with E-state index in [-0.39, 0.29) is 18.1 Å². The third-order valence-corrected chi connectivity index (χ3v) is 3.22. The molecule has 0 aromatic heterocycles. The molecule has 0 heterocycles. The maximum absolute atomic E-state index is 13.1. The average Bonchev–Trinajstić information content (AvgIpc) is 2.20. The van der Waals surface area contributed by atoms with Crippen molar-refractivity contribution in [3.63, 3.8) is 0 Å². The Morgan fingerprint density at radius 3 is 2.93 bits per heavy atom. The van der Waals surface area contributed by atoms with Crippen molar-refractivity contribution < 1.29 is 9.18 Å². The summed E-state index contributed by atoms with van der Waals surface area (Å²) in [6, 6.07) is 4.52. The van der Waals surface area contributed by atoms with Crippen molar-refractivity contribution in [3.05, 3.63) is 27.1 Å². The van der Waals surface area contributed by atoms with Crippen LogP contribution >= 0.6 is 22.6 Å². The molecule has 0 aliphatic rings. The van der Waals surface area contributed by atoms with Crippen LogP contribution in [0.25, 0.3) is 0 Å². The Bertz CT molecular complexity index is 440. The number of benzene rings is 1. The predicted molar refractivity (Wildman–Crippen MR) is 62.7 cm³/mol. The molecule has 5 heteroatoms. The van der Waals surface area contributed by atoms with Gasteiger partial charge in [-0.2, -0.15) is 5.26 Å². The SMILES string of the molecule is Cc1c(F)ccc(NC(=O)CC#N)c1I. The molecule has 0 radical (unpaired) electrons. The van der Waals surface area contributed by atoms with Gasteiger partial charge in [0.05, 0.1) is 11.8 Å². The minimum absolute atomic E-state index is 0.202. The molecule has 1 aromatic rings. The molecule has 0 fully saturated rings. The zero-order valence-corrected chi connectivity index (χ0v) is 10.1. The van der Waals surface area contributed by atoms with E-state index in [0.29, 0.717) is 14.8 Å². The first-order chi connectivity index (χ1) is 7.06. The molecule has 0 aliphatic heterocycles. The predicted octanol–water partition coefficient (Wildman–Crippen LogP) is 2.59. The summed E-state index contributed by atoms with van der Waals surface area (Å²) in [5, 5.41) is 10.9. The molecule has 0 saturated heterocycles. The third kappa shape index (κ3) is 2.89. The van der Waals surface area contributed by atoms with Gasteiger partial charge in [-0.15, -0.1) is 0 Å². The number of hydrogen-bond acceptors (Lipinski definition) is 2. The summed E-state index contributed by atoms with van der Waals surface area (Å²) in [6.07, 6.45) is -0.202. The van der Waals surface area contributed by atoms with Gasteiger partial charge in [-0.05, 0) is 41.6 Å². The maximum Gasteiger partial charge on any atom is 0.238 e. The van der Waals surface area contributed by atoms with Crippen molar-refractivity contribution >= 4 is 34.2 Å². The average molecular weight is 318 g/mol. The van der Waals surface area contributed by atoms with E-state index < -0.39 is 0 Å². The molecule has 0 bridgehead atoms. The number of hydrogen-bond donors (Lipinski definition) is 1. The first kappa shape index (κ1) is 11.9. The van der Waals surface area contributed by atoms with Crippen LogP contribution < -0.4 is 5.32 Å². The zero-order valence-electron chi connectivity index (χ0n) is 7.97. The molecule has 1 N–H and O–H groups in total.